The molecule has 1 heterocycles. The van der Waals surface area contributed by atoms with Gasteiger partial charge in [-0.3, -0.25) is 4.90 Å². The minimum absolute atomic E-state index is 0.0719. The van der Waals surface area contributed by atoms with Crippen LogP contribution in [0.4, 0.5) is 4.39 Å². The van der Waals surface area contributed by atoms with Gasteiger partial charge >= 0.3 is 0 Å². The van der Waals surface area contributed by atoms with Crippen molar-refractivity contribution in [3.63, 3.8) is 0 Å². The lowest BCUT2D eigenvalue weighted by Crippen LogP contribution is -2.36. The Labute approximate surface area is 114 Å². The van der Waals surface area contributed by atoms with E-state index in [4.69, 9.17) is 0 Å². The van der Waals surface area contributed by atoms with Crippen LogP contribution < -0.4 is 0 Å². The molecule has 0 N–H and O–H groups in total. The minimum atomic E-state index is 0.0719. The fourth-order valence-corrected chi connectivity index (χ4v) is 3.22. The highest BCUT2D eigenvalue weighted by Gasteiger charge is 2.30. The van der Waals surface area contributed by atoms with Crippen molar-refractivity contribution in [3.05, 3.63) is 58.9 Å². The van der Waals surface area contributed by atoms with Crippen LogP contribution in [0, 0.1) is 0 Å². The van der Waals surface area contributed by atoms with E-state index in [1.54, 1.807) is 0 Å². The van der Waals surface area contributed by atoms with Crippen molar-refractivity contribution >= 4 is 0 Å². The number of fused-ring (bicyclic) bond motifs is 1. The second kappa shape index (κ2) is 5.30. The molecule has 0 saturated heterocycles. The molecule has 0 saturated carbocycles. The van der Waals surface area contributed by atoms with Crippen molar-refractivity contribution in [2.45, 2.75) is 32.2 Å². The van der Waals surface area contributed by atoms with Gasteiger partial charge in [-0.1, -0.05) is 43.3 Å². The molecule has 1 nitrogen and oxygen atoms in total. The van der Waals surface area contributed by atoms with Crippen LogP contribution in [0.5, 0.6) is 0 Å². The summed E-state index contributed by atoms with van der Waals surface area (Å²) in [5, 5.41) is 0. The lowest BCUT2D eigenvalue weighted by Gasteiger charge is -2.38. The monoisotopic (exact) mass is 257 g/mol. The highest BCUT2D eigenvalue weighted by atomic mass is 19.1. The number of likely N-dealkylation sites (N-methyl/N-ethyl adjacent to an activating group) is 1. The average molecular weight is 257 g/mol. The van der Waals surface area contributed by atoms with Crippen LogP contribution in [-0.2, 0) is 6.42 Å². The molecule has 2 heteroatoms. The Balaban J connectivity index is 2.08. The molecule has 1 aliphatic carbocycles. The van der Waals surface area contributed by atoms with Crippen LogP contribution in [0.2, 0.25) is 0 Å². The molecule has 19 heavy (non-hydrogen) atoms. The predicted molar refractivity (Wildman–Crippen MR) is 76.6 cm³/mol. The Kier molecular flexibility index (Phi) is 3.52. The maximum Gasteiger partial charge on any atom is 0.105 e. The zero-order valence-corrected chi connectivity index (χ0v) is 11.4. The van der Waals surface area contributed by atoms with Gasteiger partial charge in [-0.25, -0.2) is 4.39 Å². The van der Waals surface area contributed by atoms with E-state index in [0.717, 1.165) is 31.5 Å². The van der Waals surface area contributed by atoms with Gasteiger partial charge in [-0.15, -0.1) is 0 Å². The largest absolute Gasteiger partial charge is 0.292 e. The molecular weight excluding hydrogens is 237 g/mol. The third-order valence-corrected chi connectivity index (χ3v) is 4.23. The van der Waals surface area contributed by atoms with Gasteiger partial charge in [0.25, 0.3) is 0 Å². The molecule has 2 aliphatic rings. The third-order valence-electron chi connectivity index (χ3n) is 4.23. The predicted octanol–water partition coefficient (Wildman–Crippen LogP) is 4.18. The number of rotatable bonds is 2. The molecule has 0 bridgehead atoms. The molecule has 100 valence electrons. The van der Waals surface area contributed by atoms with Gasteiger partial charge in [0, 0.05) is 18.5 Å². The number of hydrogen-bond donors (Lipinski definition) is 0. The van der Waals surface area contributed by atoms with Crippen molar-refractivity contribution in [1.29, 1.82) is 0 Å². The van der Waals surface area contributed by atoms with Crippen LogP contribution >= 0.6 is 0 Å². The summed E-state index contributed by atoms with van der Waals surface area (Å²) in [5.74, 6) is 0.0719. The normalized spacial score (nSPS) is 23.6. The van der Waals surface area contributed by atoms with E-state index in [2.05, 4.69) is 42.2 Å². The summed E-state index contributed by atoms with van der Waals surface area (Å²) in [6, 6.07) is 8.59. The number of allylic oxidation sites excluding steroid dienone is 2. The SMILES string of the molecule is CCN1CCc2ccccc2C1C1=C(F)CCC=C1. The summed E-state index contributed by atoms with van der Waals surface area (Å²) < 4.78 is 14.2. The first-order valence-corrected chi connectivity index (χ1v) is 7.18. The molecule has 0 amide bonds. The van der Waals surface area contributed by atoms with Crippen molar-refractivity contribution in [2.24, 2.45) is 0 Å². The number of nitrogens with zero attached hydrogens (tertiary/aromatic N) is 1. The standard InChI is InChI=1S/C17H20FN/c1-2-19-12-11-13-7-3-4-8-14(13)17(19)15-9-5-6-10-16(15)18/h3-5,7-9,17H,2,6,10-12H2,1H3. The van der Waals surface area contributed by atoms with Gasteiger partial charge in [0.2, 0.25) is 0 Å². The van der Waals surface area contributed by atoms with E-state index < -0.39 is 0 Å². The van der Waals surface area contributed by atoms with E-state index in [1.807, 2.05) is 6.08 Å². The van der Waals surface area contributed by atoms with Crippen molar-refractivity contribution < 1.29 is 4.39 Å². The fraction of sp³-hybridized carbons (Fsp3) is 0.412. The highest BCUT2D eigenvalue weighted by molar-refractivity contribution is 5.43. The van der Waals surface area contributed by atoms with Gasteiger partial charge in [0.15, 0.2) is 0 Å². The molecule has 0 spiro atoms. The molecule has 0 fully saturated rings. The lowest BCUT2D eigenvalue weighted by atomic mass is 9.86. The van der Waals surface area contributed by atoms with Gasteiger partial charge < -0.3 is 0 Å². The summed E-state index contributed by atoms with van der Waals surface area (Å²) in [5.41, 5.74) is 3.53. The zero-order valence-electron chi connectivity index (χ0n) is 11.4. The molecule has 1 aromatic rings. The molecule has 0 radical (unpaired) electrons. The smallest absolute Gasteiger partial charge is 0.105 e. The summed E-state index contributed by atoms with van der Waals surface area (Å²) >= 11 is 0. The van der Waals surface area contributed by atoms with E-state index >= 15 is 0 Å². The Bertz CT molecular complexity index is 530. The first-order chi connectivity index (χ1) is 9.31. The Morgan fingerprint density at radius 2 is 2.11 bits per heavy atom. The second-order valence-electron chi connectivity index (χ2n) is 5.28. The summed E-state index contributed by atoms with van der Waals surface area (Å²) in [4.78, 5) is 2.38. The maximum absolute atomic E-state index is 14.2. The molecule has 0 aromatic heterocycles. The lowest BCUT2D eigenvalue weighted by molar-refractivity contribution is 0.221. The number of benzene rings is 1. The summed E-state index contributed by atoms with van der Waals surface area (Å²) in [6.07, 6.45) is 6.55. The van der Waals surface area contributed by atoms with Crippen LogP contribution in [0.1, 0.15) is 36.9 Å². The zero-order chi connectivity index (χ0) is 13.2. The van der Waals surface area contributed by atoms with Crippen LogP contribution in [0.25, 0.3) is 0 Å². The second-order valence-corrected chi connectivity index (χ2v) is 5.28. The molecule has 1 aromatic carbocycles. The van der Waals surface area contributed by atoms with E-state index in [-0.39, 0.29) is 11.9 Å². The van der Waals surface area contributed by atoms with Gasteiger partial charge in [-0.2, -0.15) is 0 Å². The van der Waals surface area contributed by atoms with Crippen LogP contribution in [0.3, 0.4) is 0 Å². The van der Waals surface area contributed by atoms with E-state index in [0.29, 0.717) is 6.42 Å². The fourth-order valence-electron chi connectivity index (χ4n) is 3.22. The van der Waals surface area contributed by atoms with Crippen molar-refractivity contribution in [1.82, 2.24) is 4.90 Å². The van der Waals surface area contributed by atoms with E-state index in [1.165, 1.54) is 11.1 Å². The Hall–Kier alpha value is -1.41. The number of halogens is 1. The highest BCUT2D eigenvalue weighted by Crippen LogP contribution is 2.39. The summed E-state index contributed by atoms with van der Waals surface area (Å²) in [6.45, 7) is 4.14. The van der Waals surface area contributed by atoms with Gasteiger partial charge in [-0.05, 0) is 30.5 Å². The molecule has 3 rings (SSSR count). The van der Waals surface area contributed by atoms with Gasteiger partial charge in [0.1, 0.15) is 5.83 Å². The van der Waals surface area contributed by atoms with Crippen LogP contribution in [-0.4, -0.2) is 18.0 Å². The summed E-state index contributed by atoms with van der Waals surface area (Å²) in [7, 11) is 0. The van der Waals surface area contributed by atoms with Crippen molar-refractivity contribution in [2.75, 3.05) is 13.1 Å². The quantitative estimate of drug-likeness (QED) is 0.768. The molecule has 1 unspecified atom stereocenters. The van der Waals surface area contributed by atoms with E-state index in [9.17, 15) is 4.39 Å². The molecule has 1 atom stereocenters. The van der Waals surface area contributed by atoms with Gasteiger partial charge in [0.05, 0.1) is 6.04 Å². The topological polar surface area (TPSA) is 3.24 Å². The van der Waals surface area contributed by atoms with Crippen molar-refractivity contribution in [3.8, 4) is 0 Å². The third kappa shape index (κ3) is 2.25. The average Bonchev–Trinajstić information content (AvgIpc) is 2.47. The Morgan fingerprint density at radius 1 is 1.26 bits per heavy atom. The first kappa shape index (κ1) is 12.6. The van der Waals surface area contributed by atoms with Crippen LogP contribution in [0.15, 0.2) is 47.8 Å². The first-order valence-electron chi connectivity index (χ1n) is 7.18. The molecule has 1 aliphatic heterocycles. The number of hydrogen-bond acceptors (Lipinski definition) is 1. The Morgan fingerprint density at radius 3 is 2.89 bits per heavy atom. The molecular formula is C17H20FN. The maximum atomic E-state index is 14.2. The minimum Gasteiger partial charge on any atom is -0.292 e.